The van der Waals surface area contributed by atoms with E-state index in [9.17, 15) is 4.79 Å². The minimum absolute atomic E-state index is 0.0242. The van der Waals surface area contributed by atoms with E-state index in [0.29, 0.717) is 25.4 Å². The van der Waals surface area contributed by atoms with E-state index in [-0.39, 0.29) is 12.5 Å². The number of fused-ring (bicyclic) bond motifs is 1. The molecule has 0 saturated heterocycles. The second-order valence-electron chi connectivity index (χ2n) is 4.89. The Balaban J connectivity index is 1.69. The maximum atomic E-state index is 11.7. The highest BCUT2D eigenvalue weighted by atomic mass is 16.5. The molecule has 0 heterocycles. The van der Waals surface area contributed by atoms with Gasteiger partial charge in [0.25, 0.3) is 5.91 Å². The van der Waals surface area contributed by atoms with Gasteiger partial charge in [0.05, 0.1) is 6.61 Å². The van der Waals surface area contributed by atoms with E-state index >= 15 is 0 Å². The summed E-state index contributed by atoms with van der Waals surface area (Å²) in [6.07, 6.45) is 0. The Hall–Kier alpha value is -2.11. The number of benzene rings is 2. The third-order valence-corrected chi connectivity index (χ3v) is 3.20. The average Bonchev–Trinajstić information content (AvgIpc) is 2.56. The Morgan fingerprint density at radius 1 is 1.05 bits per heavy atom. The molecule has 2 aromatic carbocycles. The number of carbonyl (C=O) groups is 1. The summed E-state index contributed by atoms with van der Waals surface area (Å²) in [5, 5.41) is 8.21. The predicted octanol–water partition coefficient (Wildman–Crippen LogP) is 1.57. The maximum Gasteiger partial charge on any atom is 0.257 e. The first kappa shape index (κ1) is 16.3. The summed E-state index contributed by atoms with van der Waals surface area (Å²) < 4.78 is 10.4. The summed E-state index contributed by atoms with van der Waals surface area (Å²) in [6.45, 7) is 2.75. The van der Waals surface area contributed by atoms with Gasteiger partial charge in [-0.2, -0.15) is 0 Å². The van der Waals surface area contributed by atoms with Crippen molar-refractivity contribution < 1.29 is 14.3 Å². The molecule has 0 aliphatic carbocycles. The molecule has 0 bridgehead atoms. The molecule has 0 aliphatic heterocycles. The molecule has 0 spiro atoms. The average molecular weight is 302 g/mol. The fourth-order valence-corrected chi connectivity index (χ4v) is 2.05. The molecule has 2 N–H and O–H groups in total. The molecule has 0 aromatic heterocycles. The number of nitrogens with one attached hydrogen (secondary N) is 2. The summed E-state index contributed by atoms with van der Waals surface area (Å²) in [5.74, 6) is 0.578. The van der Waals surface area contributed by atoms with Crippen LogP contribution in [0.1, 0.15) is 0 Å². The van der Waals surface area contributed by atoms with Crippen molar-refractivity contribution in [1.29, 1.82) is 0 Å². The van der Waals surface area contributed by atoms with Crippen LogP contribution in [0.25, 0.3) is 10.8 Å². The van der Waals surface area contributed by atoms with Gasteiger partial charge in [-0.3, -0.25) is 4.79 Å². The Bertz CT molecular complexity index is 601. The fourth-order valence-electron chi connectivity index (χ4n) is 2.05. The van der Waals surface area contributed by atoms with Crippen LogP contribution in [0.3, 0.4) is 0 Å². The quantitative estimate of drug-likeness (QED) is 0.690. The second kappa shape index (κ2) is 9.02. The highest BCUT2D eigenvalue weighted by Gasteiger charge is 2.02. The number of rotatable bonds is 9. The minimum Gasteiger partial charge on any atom is -0.484 e. The second-order valence-corrected chi connectivity index (χ2v) is 4.89. The lowest BCUT2D eigenvalue weighted by molar-refractivity contribution is -0.123. The van der Waals surface area contributed by atoms with E-state index < -0.39 is 0 Å². The van der Waals surface area contributed by atoms with Crippen molar-refractivity contribution in [2.75, 3.05) is 40.0 Å². The molecule has 0 atom stereocenters. The van der Waals surface area contributed by atoms with Crippen molar-refractivity contribution in [2.45, 2.75) is 0 Å². The van der Waals surface area contributed by atoms with Crippen molar-refractivity contribution in [3.8, 4) is 5.75 Å². The van der Waals surface area contributed by atoms with Crippen LogP contribution in [0.5, 0.6) is 5.75 Å². The van der Waals surface area contributed by atoms with E-state index in [2.05, 4.69) is 10.6 Å². The van der Waals surface area contributed by atoms with Crippen LogP contribution in [0, 0.1) is 0 Å². The first-order valence-corrected chi connectivity index (χ1v) is 7.37. The van der Waals surface area contributed by atoms with Crippen molar-refractivity contribution in [3.63, 3.8) is 0 Å². The number of methoxy groups -OCH3 is 1. The highest BCUT2D eigenvalue weighted by molar-refractivity contribution is 5.84. The van der Waals surface area contributed by atoms with Crippen molar-refractivity contribution >= 4 is 16.7 Å². The van der Waals surface area contributed by atoms with Crippen LogP contribution in [0.4, 0.5) is 0 Å². The largest absolute Gasteiger partial charge is 0.484 e. The molecular weight excluding hydrogens is 280 g/mol. The summed E-state index contributed by atoms with van der Waals surface area (Å²) in [5.41, 5.74) is 0. The maximum absolute atomic E-state index is 11.7. The third kappa shape index (κ3) is 5.35. The molecule has 22 heavy (non-hydrogen) atoms. The lowest BCUT2D eigenvalue weighted by Crippen LogP contribution is -2.35. The molecule has 2 rings (SSSR count). The van der Waals surface area contributed by atoms with Crippen LogP contribution >= 0.6 is 0 Å². The van der Waals surface area contributed by atoms with Gasteiger partial charge in [0.2, 0.25) is 0 Å². The van der Waals surface area contributed by atoms with Gasteiger partial charge in [-0.05, 0) is 22.9 Å². The van der Waals surface area contributed by atoms with Gasteiger partial charge >= 0.3 is 0 Å². The first-order valence-electron chi connectivity index (χ1n) is 7.37. The fraction of sp³-hybridized carbons (Fsp3) is 0.353. The molecule has 118 valence electrons. The first-order chi connectivity index (χ1) is 10.8. The summed E-state index contributed by atoms with van der Waals surface area (Å²) in [4.78, 5) is 11.7. The SMILES string of the molecule is COCCNCCNC(=O)COc1ccc2ccccc2c1. The number of carbonyl (C=O) groups excluding carboxylic acids is 1. The van der Waals surface area contributed by atoms with Crippen LogP contribution in [0.2, 0.25) is 0 Å². The van der Waals surface area contributed by atoms with Gasteiger partial charge in [-0.15, -0.1) is 0 Å². The Labute approximate surface area is 130 Å². The number of hydrogen-bond donors (Lipinski definition) is 2. The molecule has 2 aromatic rings. The summed E-state index contributed by atoms with van der Waals surface area (Å²) >= 11 is 0. The summed E-state index contributed by atoms with van der Waals surface area (Å²) in [6, 6.07) is 13.8. The summed E-state index contributed by atoms with van der Waals surface area (Å²) in [7, 11) is 1.66. The van der Waals surface area contributed by atoms with Gasteiger partial charge < -0.3 is 20.1 Å². The lowest BCUT2D eigenvalue weighted by atomic mass is 10.1. The number of amides is 1. The molecule has 0 saturated carbocycles. The zero-order chi connectivity index (χ0) is 15.6. The molecule has 0 radical (unpaired) electrons. The van der Waals surface area contributed by atoms with Crippen LogP contribution < -0.4 is 15.4 Å². The smallest absolute Gasteiger partial charge is 0.257 e. The zero-order valence-electron chi connectivity index (χ0n) is 12.8. The van der Waals surface area contributed by atoms with Crippen molar-refractivity contribution in [3.05, 3.63) is 42.5 Å². The monoisotopic (exact) mass is 302 g/mol. The molecule has 5 heteroatoms. The van der Waals surface area contributed by atoms with E-state index in [0.717, 1.165) is 17.3 Å². The number of hydrogen-bond acceptors (Lipinski definition) is 4. The third-order valence-electron chi connectivity index (χ3n) is 3.20. The zero-order valence-corrected chi connectivity index (χ0v) is 12.8. The normalized spacial score (nSPS) is 10.6. The van der Waals surface area contributed by atoms with E-state index in [1.807, 2.05) is 42.5 Å². The molecule has 5 nitrogen and oxygen atoms in total. The standard InChI is InChI=1S/C17H22N2O3/c1-21-11-10-18-8-9-19-17(20)13-22-16-7-6-14-4-2-3-5-15(14)12-16/h2-7,12,18H,8-11,13H2,1H3,(H,19,20). The van der Waals surface area contributed by atoms with E-state index in [1.54, 1.807) is 7.11 Å². The van der Waals surface area contributed by atoms with Crippen molar-refractivity contribution in [2.24, 2.45) is 0 Å². The van der Waals surface area contributed by atoms with Gasteiger partial charge in [-0.1, -0.05) is 30.3 Å². The minimum atomic E-state index is -0.123. The Kier molecular flexibility index (Phi) is 6.67. The van der Waals surface area contributed by atoms with E-state index in [4.69, 9.17) is 9.47 Å². The molecule has 1 amide bonds. The lowest BCUT2D eigenvalue weighted by Gasteiger charge is -2.09. The number of ether oxygens (including phenoxy) is 2. The van der Waals surface area contributed by atoms with E-state index in [1.165, 1.54) is 0 Å². The van der Waals surface area contributed by atoms with Crippen molar-refractivity contribution in [1.82, 2.24) is 10.6 Å². The van der Waals surface area contributed by atoms with Gasteiger partial charge in [-0.25, -0.2) is 0 Å². The predicted molar refractivity (Wildman–Crippen MR) is 87.2 cm³/mol. The topological polar surface area (TPSA) is 59.6 Å². The van der Waals surface area contributed by atoms with Crippen LogP contribution in [-0.4, -0.2) is 45.9 Å². The van der Waals surface area contributed by atoms with Gasteiger partial charge in [0.15, 0.2) is 6.61 Å². The van der Waals surface area contributed by atoms with Crippen LogP contribution in [-0.2, 0) is 9.53 Å². The highest BCUT2D eigenvalue weighted by Crippen LogP contribution is 2.20. The molecule has 0 aliphatic rings. The molecule has 0 fully saturated rings. The van der Waals surface area contributed by atoms with Gasteiger partial charge in [0.1, 0.15) is 5.75 Å². The molecule has 0 unspecified atom stereocenters. The Morgan fingerprint density at radius 3 is 2.68 bits per heavy atom. The van der Waals surface area contributed by atoms with Crippen LogP contribution in [0.15, 0.2) is 42.5 Å². The molecular formula is C17H22N2O3. The Morgan fingerprint density at radius 2 is 1.86 bits per heavy atom. The van der Waals surface area contributed by atoms with Gasteiger partial charge in [0, 0.05) is 26.7 Å².